The fourth-order valence-corrected chi connectivity index (χ4v) is 3.30. The SMILES string of the molecule is CCCNC(c1ccc(Br)cc1Br)c1nccn1C. The van der Waals surface area contributed by atoms with Crippen molar-refractivity contribution < 1.29 is 0 Å². The zero-order valence-electron chi connectivity index (χ0n) is 11.0. The molecule has 0 fully saturated rings. The second-order valence-corrected chi connectivity index (χ2v) is 6.22. The number of aryl methyl sites for hydroxylation is 1. The number of nitrogens with one attached hydrogen (secondary N) is 1. The Morgan fingerprint density at radius 1 is 1.37 bits per heavy atom. The van der Waals surface area contributed by atoms with Crippen LogP contribution >= 0.6 is 31.9 Å². The van der Waals surface area contributed by atoms with E-state index in [1.54, 1.807) is 0 Å². The molecule has 2 aromatic rings. The maximum atomic E-state index is 4.48. The monoisotopic (exact) mass is 385 g/mol. The van der Waals surface area contributed by atoms with Gasteiger partial charge in [-0.2, -0.15) is 0 Å². The summed E-state index contributed by atoms with van der Waals surface area (Å²) in [6, 6.07) is 6.35. The summed E-state index contributed by atoms with van der Waals surface area (Å²) in [5, 5.41) is 3.56. The molecular weight excluding hydrogens is 370 g/mol. The van der Waals surface area contributed by atoms with Crippen LogP contribution in [0, 0.1) is 0 Å². The van der Waals surface area contributed by atoms with E-state index in [2.05, 4.69) is 71.9 Å². The summed E-state index contributed by atoms with van der Waals surface area (Å²) in [5.41, 5.74) is 1.20. The highest BCUT2D eigenvalue weighted by atomic mass is 79.9. The minimum absolute atomic E-state index is 0.0995. The fraction of sp³-hybridized carbons (Fsp3) is 0.357. The highest BCUT2D eigenvalue weighted by Gasteiger charge is 2.19. The molecule has 0 amide bonds. The lowest BCUT2D eigenvalue weighted by Crippen LogP contribution is -2.26. The lowest BCUT2D eigenvalue weighted by atomic mass is 10.1. The molecule has 102 valence electrons. The van der Waals surface area contributed by atoms with Crippen LogP contribution in [0.25, 0.3) is 0 Å². The largest absolute Gasteiger partial charge is 0.336 e. The van der Waals surface area contributed by atoms with Gasteiger partial charge in [-0.15, -0.1) is 0 Å². The number of hydrogen-bond donors (Lipinski definition) is 1. The van der Waals surface area contributed by atoms with Crippen LogP contribution in [0.4, 0.5) is 0 Å². The van der Waals surface area contributed by atoms with Crippen molar-refractivity contribution in [1.82, 2.24) is 14.9 Å². The Balaban J connectivity index is 2.40. The number of imidazole rings is 1. The second-order valence-electron chi connectivity index (χ2n) is 4.45. The summed E-state index contributed by atoms with van der Waals surface area (Å²) in [6.45, 7) is 3.12. The van der Waals surface area contributed by atoms with E-state index in [1.807, 2.05) is 19.4 Å². The summed E-state index contributed by atoms with van der Waals surface area (Å²) in [5.74, 6) is 1.02. The van der Waals surface area contributed by atoms with Crippen molar-refractivity contribution in [2.75, 3.05) is 6.54 Å². The predicted molar refractivity (Wildman–Crippen MR) is 85.2 cm³/mol. The van der Waals surface area contributed by atoms with Crippen LogP contribution < -0.4 is 5.32 Å². The van der Waals surface area contributed by atoms with Gasteiger partial charge in [-0.25, -0.2) is 4.98 Å². The van der Waals surface area contributed by atoms with E-state index in [4.69, 9.17) is 0 Å². The summed E-state index contributed by atoms with van der Waals surface area (Å²) in [6.07, 6.45) is 4.90. The summed E-state index contributed by atoms with van der Waals surface area (Å²) in [7, 11) is 2.02. The van der Waals surface area contributed by atoms with Crippen LogP contribution in [-0.4, -0.2) is 16.1 Å². The maximum Gasteiger partial charge on any atom is 0.130 e. The van der Waals surface area contributed by atoms with Crippen LogP contribution in [-0.2, 0) is 7.05 Å². The van der Waals surface area contributed by atoms with Crippen molar-refractivity contribution in [3.05, 3.63) is 50.9 Å². The van der Waals surface area contributed by atoms with Gasteiger partial charge in [0.05, 0.1) is 6.04 Å². The van der Waals surface area contributed by atoms with Gasteiger partial charge >= 0.3 is 0 Å². The first-order valence-corrected chi connectivity index (χ1v) is 7.87. The molecule has 1 atom stereocenters. The van der Waals surface area contributed by atoms with Crippen molar-refractivity contribution in [3.63, 3.8) is 0 Å². The van der Waals surface area contributed by atoms with Crippen LogP contribution in [0.1, 0.15) is 30.8 Å². The zero-order valence-corrected chi connectivity index (χ0v) is 14.2. The molecule has 1 aromatic carbocycles. The highest BCUT2D eigenvalue weighted by Crippen LogP contribution is 2.30. The Bertz CT molecular complexity index is 551. The van der Waals surface area contributed by atoms with Gasteiger partial charge in [0.15, 0.2) is 0 Å². The van der Waals surface area contributed by atoms with E-state index in [0.29, 0.717) is 0 Å². The van der Waals surface area contributed by atoms with Gasteiger partial charge in [-0.3, -0.25) is 0 Å². The lowest BCUT2D eigenvalue weighted by Gasteiger charge is -2.20. The molecule has 1 N–H and O–H groups in total. The molecule has 0 aliphatic carbocycles. The topological polar surface area (TPSA) is 29.9 Å². The minimum Gasteiger partial charge on any atom is -0.336 e. The smallest absolute Gasteiger partial charge is 0.130 e. The molecule has 0 saturated heterocycles. The predicted octanol–water partition coefficient (Wildman–Crippen LogP) is 4.03. The summed E-state index contributed by atoms with van der Waals surface area (Å²) < 4.78 is 4.21. The Morgan fingerprint density at radius 2 is 2.16 bits per heavy atom. The molecule has 0 aliphatic rings. The normalized spacial score (nSPS) is 12.6. The first-order valence-electron chi connectivity index (χ1n) is 6.29. The average Bonchev–Trinajstić information content (AvgIpc) is 2.78. The molecule has 0 bridgehead atoms. The number of halogens is 2. The van der Waals surface area contributed by atoms with Crippen molar-refractivity contribution >= 4 is 31.9 Å². The number of aromatic nitrogens is 2. The molecule has 0 spiro atoms. The third-order valence-corrected chi connectivity index (χ3v) is 4.17. The third-order valence-electron chi connectivity index (χ3n) is 2.99. The molecule has 3 nitrogen and oxygen atoms in total. The van der Waals surface area contributed by atoms with E-state index in [1.165, 1.54) is 5.56 Å². The Hall–Kier alpha value is -0.650. The Labute approximate surface area is 130 Å². The summed E-state index contributed by atoms with van der Waals surface area (Å²) in [4.78, 5) is 4.48. The Morgan fingerprint density at radius 3 is 2.74 bits per heavy atom. The Kier molecular flexibility index (Phi) is 5.19. The van der Waals surface area contributed by atoms with Crippen molar-refractivity contribution in [3.8, 4) is 0 Å². The first-order chi connectivity index (χ1) is 9.13. The molecule has 1 heterocycles. The second kappa shape index (κ2) is 6.68. The van der Waals surface area contributed by atoms with Crippen molar-refractivity contribution in [2.24, 2.45) is 7.05 Å². The van der Waals surface area contributed by atoms with Crippen LogP contribution in [0.2, 0.25) is 0 Å². The quantitative estimate of drug-likeness (QED) is 0.840. The molecule has 1 aromatic heterocycles. The number of benzene rings is 1. The van der Waals surface area contributed by atoms with E-state index >= 15 is 0 Å². The van der Waals surface area contributed by atoms with Gasteiger partial charge in [-0.1, -0.05) is 44.8 Å². The van der Waals surface area contributed by atoms with Gasteiger partial charge < -0.3 is 9.88 Å². The first kappa shape index (κ1) is 14.8. The lowest BCUT2D eigenvalue weighted by molar-refractivity contribution is 0.554. The van der Waals surface area contributed by atoms with Gasteiger partial charge in [0, 0.05) is 28.4 Å². The van der Waals surface area contributed by atoms with Crippen molar-refractivity contribution in [2.45, 2.75) is 19.4 Å². The zero-order chi connectivity index (χ0) is 13.8. The third kappa shape index (κ3) is 3.46. The molecule has 19 heavy (non-hydrogen) atoms. The van der Waals surface area contributed by atoms with Gasteiger partial charge in [-0.05, 0) is 30.7 Å². The molecule has 1 unspecified atom stereocenters. The number of rotatable bonds is 5. The molecule has 0 radical (unpaired) electrons. The van der Waals surface area contributed by atoms with Crippen molar-refractivity contribution in [1.29, 1.82) is 0 Å². The van der Waals surface area contributed by atoms with E-state index in [9.17, 15) is 0 Å². The maximum absolute atomic E-state index is 4.48. The molecule has 5 heteroatoms. The fourth-order valence-electron chi connectivity index (χ4n) is 2.02. The van der Waals surface area contributed by atoms with Crippen LogP contribution in [0.3, 0.4) is 0 Å². The van der Waals surface area contributed by atoms with E-state index in [-0.39, 0.29) is 6.04 Å². The molecular formula is C14H17Br2N3. The number of hydrogen-bond acceptors (Lipinski definition) is 2. The van der Waals surface area contributed by atoms with Gasteiger partial charge in [0.2, 0.25) is 0 Å². The molecule has 0 aliphatic heterocycles. The summed E-state index contributed by atoms with van der Waals surface area (Å²) >= 11 is 7.13. The standard InChI is InChI=1S/C14H17Br2N3/c1-3-6-17-13(14-18-7-8-19(14)2)11-5-4-10(15)9-12(11)16/h4-5,7-9,13,17H,3,6H2,1-2H3. The molecule has 2 rings (SSSR count). The van der Waals surface area contributed by atoms with E-state index < -0.39 is 0 Å². The van der Waals surface area contributed by atoms with Crippen LogP contribution in [0.15, 0.2) is 39.5 Å². The molecule has 0 saturated carbocycles. The van der Waals surface area contributed by atoms with Gasteiger partial charge in [0.1, 0.15) is 5.82 Å². The minimum atomic E-state index is 0.0995. The highest BCUT2D eigenvalue weighted by molar-refractivity contribution is 9.11. The average molecular weight is 387 g/mol. The van der Waals surface area contributed by atoms with Gasteiger partial charge in [0.25, 0.3) is 0 Å². The van der Waals surface area contributed by atoms with E-state index in [0.717, 1.165) is 27.7 Å². The number of nitrogens with zero attached hydrogens (tertiary/aromatic N) is 2. The van der Waals surface area contributed by atoms with Crippen LogP contribution in [0.5, 0.6) is 0 Å².